The van der Waals surface area contributed by atoms with E-state index in [9.17, 15) is 4.79 Å². The Kier molecular flexibility index (Phi) is 4.10. The van der Waals surface area contributed by atoms with Gasteiger partial charge in [-0.05, 0) is 12.5 Å². The Balaban J connectivity index is 3.61. The first kappa shape index (κ1) is 9.49. The van der Waals surface area contributed by atoms with E-state index in [0.29, 0.717) is 5.54 Å². The van der Waals surface area contributed by atoms with Crippen LogP contribution in [-0.2, 0) is 4.74 Å². The predicted octanol–water partition coefficient (Wildman–Crippen LogP) is 0.0341. The average molecular weight is 161 g/mol. The molecule has 0 radical (unpaired) electrons. The van der Waals surface area contributed by atoms with Crippen LogP contribution >= 0.6 is 0 Å². The Bertz CT molecular complexity index is 118. The van der Waals surface area contributed by atoms with Crippen molar-refractivity contribution in [1.29, 1.82) is 0 Å². The monoisotopic (exact) mass is 161 g/mol. The van der Waals surface area contributed by atoms with E-state index in [2.05, 4.69) is 6.92 Å². The molecule has 0 aromatic carbocycles. The smallest absolute Gasteiger partial charge is 0.404 e. The molecule has 0 aromatic heterocycles. The predicted molar refractivity (Wildman–Crippen MR) is 44.1 cm³/mol. The van der Waals surface area contributed by atoms with Gasteiger partial charge < -0.3 is 10.5 Å². The van der Waals surface area contributed by atoms with Gasteiger partial charge in [-0.2, -0.15) is 0 Å². The minimum Gasteiger partial charge on any atom is -0.447 e. The molecule has 4 heteroatoms. The van der Waals surface area contributed by atoms with Gasteiger partial charge in [0.2, 0.25) is 0 Å². The third-order valence-corrected chi connectivity index (χ3v) is 3.50. The summed E-state index contributed by atoms with van der Waals surface area (Å²) in [5.41, 5.74) is 5.36. The van der Waals surface area contributed by atoms with Crippen molar-refractivity contribution in [2.45, 2.75) is 31.9 Å². The summed E-state index contributed by atoms with van der Waals surface area (Å²) >= 11 is 0. The molecule has 0 aliphatic heterocycles. The number of hydrogen-bond acceptors (Lipinski definition) is 2. The van der Waals surface area contributed by atoms with E-state index in [1.807, 2.05) is 6.92 Å². The van der Waals surface area contributed by atoms with Crippen LogP contribution in [0.1, 0.15) is 20.3 Å². The number of rotatable bonds is 3. The Morgan fingerprint density at radius 3 is 2.60 bits per heavy atom. The molecule has 0 aromatic rings. The van der Waals surface area contributed by atoms with Crippen molar-refractivity contribution in [3.05, 3.63) is 0 Å². The van der Waals surface area contributed by atoms with Crippen LogP contribution < -0.4 is 5.73 Å². The highest BCUT2D eigenvalue weighted by atomic mass is 28.1. The highest BCUT2D eigenvalue weighted by molar-refractivity contribution is 6.12. The normalized spacial score (nSPS) is 16.2. The van der Waals surface area contributed by atoms with Crippen LogP contribution in [0.4, 0.5) is 4.79 Å². The molecule has 0 saturated carbocycles. The summed E-state index contributed by atoms with van der Waals surface area (Å²) in [6.45, 7) is 3.96. The molecule has 2 N–H and O–H groups in total. The zero-order valence-corrected chi connectivity index (χ0v) is 8.76. The maximum Gasteiger partial charge on any atom is 0.404 e. The van der Waals surface area contributed by atoms with Crippen LogP contribution in [0.15, 0.2) is 0 Å². The fourth-order valence-electron chi connectivity index (χ4n) is 0.631. The Morgan fingerprint density at radius 2 is 2.30 bits per heavy atom. The quantitative estimate of drug-likeness (QED) is 0.594. The minimum absolute atomic E-state index is 0.00540. The van der Waals surface area contributed by atoms with Gasteiger partial charge in [0.1, 0.15) is 6.10 Å². The van der Waals surface area contributed by atoms with E-state index < -0.39 is 6.09 Å². The van der Waals surface area contributed by atoms with E-state index in [1.54, 1.807) is 0 Å². The third-order valence-electron chi connectivity index (χ3n) is 1.75. The molecule has 60 valence electrons. The number of carbonyl (C=O) groups excluding carboxylic acids is 1. The lowest BCUT2D eigenvalue weighted by atomic mass is 10.2. The summed E-state index contributed by atoms with van der Waals surface area (Å²) in [4.78, 5) is 10.2. The molecular formula is C6H15NO2Si. The lowest BCUT2D eigenvalue weighted by Crippen LogP contribution is -2.23. The van der Waals surface area contributed by atoms with Crippen molar-refractivity contribution in [2.75, 3.05) is 0 Å². The molecule has 10 heavy (non-hydrogen) atoms. The van der Waals surface area contributed by atoms with E-state index in [0.717, 1.165) is 16.7 Å². The first-order chi connectivity index (χ1) is 4.57. The number of amides is 1. The summed E-state index contributed by atoms with van der Waals surface area (Å²) in [6.07, 6.45) is 0.386. The molecule has 2 atom stereocenters. The maximum atomic E-state index is 10.2. The van der Waals surface area contributed by atoms with Crippen molar-refractivity contribution < 1.29 is 9.53 Å². The highest BCUT2D eigenvalue weighted by Crippen LogP contribution is 2.13. The van der Waals surface area contributed by atoms with Crippen LogP contribution in [-0.4, -0.2) is 22.4 Å². The molecule has 3 nitrogen and oxygen atoms in total. The Morgan fingerprint density at radius 1 is 1.80 bits per heavy atom. The van der Waals surface area contributed by atoms with Gasteiger partial charge in [0.05, 0.1) is 0 Å². The number of primary amides is 1. The van der Waals surface area contributed by atoms with Crippen molar-refractivity contribution in [1.82, 2.24) is 0 Å². The molecule has 0 aliphatic carbocycles. The average Bonchev–Trinajstić information content (AvgIpc) is 1.85. The Labute approximate surface area is 64.3 Å². The number of nitrogens with two attached hydrogens (primary N) is 1. The minimum atomic E-state index is -0.665. The zero-order chi connectivity index (χ0) is 8.15. The molecular weight excluding hydrogens is 146 g/mol. The van der Waals surface area contributed by atoms with E-state index in [-0.39, 0.29) is 6.10 Å². The van der Waals surface area contributed by atoms with Crippen LogP contribution in [0.25, 0.3) is 0 Å². The summed E-state index contributed by atoms with van der Waals surface area (Å²) < 4.78 is 4.78. The zero-order valence-electron chi connectivity index (χ0n) is 6.76. The van der Waals surface area contributed by atoms with Gasteiger partial charge in [-0.1, -0.05) is 13.3 Å². The van der Waals surface area contributed by atoms with E-state index in [4.69, 9.17) is 10.5 Å². The van der Waals surface area contributed by atoms with E-state index >= 15 is 0 Å². The second-order valence-corrected chi connectivity index (χ2v) is 4.01. The van der Waals surface area contributed by atoms with Gasteiger partial charge in [0, 0.05) is 10.2 Å². The molecule has 0 spiro atoms. The molecule has 0 aliphatic rings. The first-order valence-electron chi connectivity index (χ1n) is 3.54. The van der Waals surface area contributed by atoms with E-state index in [1.165, 1.54) is 0 Å². The van der Waals surface area contributed by atoms with Gasteiger partial charge in [-0.3, -0.25) is 0 Å². The standard InChI is InChI=1S/C6H15NO2Si/c1-3-5(10)4(2)9-6(7)8/h4-5H,3H2,1-2,10H3,(H2,7,8). The van der Waals surface area contributed by atoms with Crippen molar-refractivity contribution in [2.24, 2.45) is 5.73 Å². The van der Waals surface area contributed by atoms with Crippen molar-refractivity contribution in [3.8, 4) is 0 Å². The van der Waals surface area contributed by atoms with Crippen LogP contribution in [0.3, 0.4) is 0 Å². The topological polar surface area (TPSA) is 52.3 Å². The number of ether oxygens (including phenoxy) is 1. The van der Waals surface area contributed by atoms with Crippen molar-refractivity contribution in [3.63, 3.8) is 0 Å². The summed E-state index contributed by atoms with van der Waals surface area (Å²) in [6, 6.07) is 0. The van der Waals surface area contributed by atoms with Crippen molar-refractivity contribution >= 4 is 16.3 Å². The number of hydrogen-bond donors (Lipinski definition) is 1. The Hall–Kier alpha value is -0.513. The highest BCUT2D eigenvalue weighted by Gasteiger charge is 2.12. The molecule has 2 unspecified atom stereocenters. The van der Waals surface area contributed by atoms with Crippen LogP contribution in [0, 0.1) is 0 Å². The molecule has 0 bridgehead atoms. The fraction of sp³-hybridized carbons (Fsp3) is 0.833. The van der Waals surface area contributed by atoms with Gasteiger partial charge in [0.15, 0.2) is 0 Å². The fourth-order valence-corrected chi connectivity index (χ4v) is 0.767. The summed E-state index contributed by atoms with van der Waals surface area (Å²) in [5, 5.41) is 0. The van der Waals surface area contributed by atoms with Gasteiger partial charge >= 0.3 is 6.09 Å². The maximum absolute atomic E-state index is 10.2. The molecule has 0 rings (SSSR count). The summed E-state index contributed by atoms with van der Waals surface area (Å²) in [7, 11) is 1.05. The second kappa shape index (κ2) is 4.33. The lowest BCUT2D eigenvalue weighted by Gasteiger charge is -2.16. The third kappa shape index (κ3) is 3.50. The first-order valence-corrected chi connectivity index (χ1v) is 4.69. The number of carbonyl (C=O) groups is 1. The van der Waals surface area contributed by atoms with Crippen LogP contribution in [0.2, 0.25) is 5.54 Å². The van der Waals surface area contributed by atoms with Gasteiger partial charge in [0.25, 0.3) is 0 Å². The van der Waals surface area contributed by atoms with Gasteiger partial charge in [-0.25, -0.2) is 4.79 Å². The molecule has 0 heterocycles. The molecule has 0 fully saturated rings. The van der Waals surface area contributed by atoms with Crippen LogP contribution in [0.5, 0.6) is 0 Å². The summed E-state index contributed by atoms with van der Waals surface area (Å²) in [5.74, 6) is 0. The second-order valence-electron chi connectivity index (χ2n) is 2.53. The molecule has 0 saturated heterocycles. The lowest BCUT2D eigenvalue weighted by molar-refractivity contribution is 0.111. The van der Waals surface area contributed by atoms with Gasteiger partial charge in [-0.15, -0.1) is 0 Å². The largest absolute Gasteiger partial charge is 0.447 e. The SMILES string of the molecule is CCC([SiH3])C(C)OC(N)=O. The molecule has 1 amide bonds.